The van der Waals surface area contributed by atoms with Gasteiger partial charge in [0.15, 0.2) is 0 Å². The summed E-state index contributed by atoms with van der Waals surface area (Å²) in [4.78, 5) is 16.2. The van der Waals surface area contributed by atoms with Gasteiger partial charge in [-0.15, -0.1) is 11.6 Å². The SMILES string of the molecule is CC(C)N(Cc1ccccc1)CC1CCCN(C(=O)CCl)C1. The Morgan fingerprint density at radius 2 is 2.09 bits per heavy atom. The number of hydrogen-bond acceptors (Lipinski definition) is 2. The molecule has 1 aliphatic heterocycles. The summed E-state index contributed by atoms with van der Waals surface area (Å²) in [6, 6.07) is 11.1. The monoisotopic (exact) mass is 322 g/mol. The van der Waals surface area contributed by atoms with E-state index < -0.39 is 0 Å². The molecule has 1 aromatic carbocycles. The summed E-state index contributed by atoms with van der Waals surface area (Å²) in [6.07, 6.45) is 2.29. The van der Waals surface area contributed by atoms with E-state index in [9.17, 15) is 4.79 Å². The van der Waals surface area contributed by atoms with Crippen LogP contribution in [0.25, 0.3) is 0 Å². The first-order chi connectivity index (χ1) is 10.6. The summed E-state index contributed by atoms with van der Waals surface area (Å²) >= 11 is 5.69. The van der Waals surface area contributed by atoms with E-state index in [1.165, 1.54) is 12.0 Å². The van der Waals surface area contributed by atoms with Crippen LogP contribution in [0.1, 0.15) is 32.3 Å². The van der Waals surface area contributed by atoms with Gasteiger partial charge in [-0.25, -0.2) is 0 Å². The molecule has 1 saturated heterocycles. The number of carbonyl (C=O) groups excluding carboxylic acids is 1. The summed E-state index contributed by atoms with van der Waals surface area (Å²) in [6.45, 7) is 8.21. The van der Waals surface area contributed by atoms with Crippen LogP contribution in [0.5, 0.6) is 0 Å². The molecule has 1 atom stereocenters. The van der Waals surface area contributed by atoms with Crippen LogP contribution in [0.15, 0.2) is 30.3 Å². The van der Waals surface area contributed by atoms with Crippen molar-refractivity contribution in [3.63, 3.8) is 0 Å². The van der Waals surface area contributed by atoms with Crippen molar-refractivity contribution < 1.29 is 4.79 Å². The lowest BCUT2D eigenvalue weighted by Gasteiger charge is -2.37. The quantitative estimate of drug-likeness (QED) is 0.750. The summed E-state index contributed by atoms with van der Waals surface area (Å²) in [7, 11) is 0. The molecule has 1 amide bonds. The van der Waals surface area contributed by atoms with Crippen molar-refractivity contribution in [1.29, 1.82) is 0 Å². The zero-order chi connectivity index (χ0) is 15.9. The Labute approximate surface area is 139 Å². The molecule has 3 nitrogen and oxygen atoms in total. The number of halogens is 1. The third-order valence-corrected chi connectivity index (χ3v) is 4.67. The van der Waals surface area contributed by atoms with E-state index in [0.717, 1.165) is 32.6 Å². The van der Waals surface area contributed by atoms with Gasteiger partial charge in [0.1, 0.15) is 5.88 Å². The van der Waals surface area contributed by atoms with E-state index in [1.807, 2.05) is 4.90 Å². The molecule has 1 aromatic rings. The second kappa shape index (κ2) is 8.54. The average molecular weight is 323 g/mol. The molecule has 0 spiro atoms. The van der Waals surface area contributed by atoms with Gasteiger partial charge in [-0.05, 0) is 38.2 Å². The van der Waals surface area contributed by atoms with Crippen LogP contribution in [0.3, 0.4) is 0 Å². The highest BCUT2D eigenvalue weighted by Gasteiger charge is 2.25. The standard InChI is InChI=1S/C18H27ClN2O/c1-15(2)21(12-16-7-4-3-5-8-16)14-17-9-6-10-20(13-17)18(22)11-19/h3-5,7-8,15,17H,6,9-14H2,1-2H3. The van der Waals surface area contributed by atoms with E-state index in [2.05, 4.69) is 49.1 Å². The highest BCUT2D eigenvalue weighted by Crippen LogP contribution is 2.20. The van der Waals surface area contributed by atoms with E-state index in [-0.39, 0.29) is 11.8 Å². The third-order valence-electron chi connectivity index (χ3n) is 4.44. The first kappa shape index (κ1) is 17.3. The van der Waals surface area contributed by atoms with Gasteiger partial charge in [0, 0.05) is 32.2 Å². The fourth-order valence-electron chi connectivity index (χ4n) is 3.13. The maximum Gasteiger partial charge on any atom is 0.237 e. The molecule has 0 N–H and O–H groups in total. The Morgan fingerprint density at radius 3 is 2.73 bits per heavy atom. The van der Waals surface area contributed by atoms with Gasteiger partial charge in [-0.1, -0.05) is 30.3 Å². The molecule has 122 valence electrons. The third kappa shape index (κ3) is 4.99. The molecule has 22 heavy (non-hydrogen) atoms. The lowest BCUT2D eigenvalue weighted by Crippen LogP contribution is -2.45. The van der Waals surface area contributed by atoms with Gasteiger partial charge in [0.25, 0.3) is 0 Å². The lowest BCUT2D eigenvalue weighted by molar-refractivity contribution is -0.130. The van der Waals surface area contributed by atoms with Crippen LogP contribution in [0, 0.1) is 5.92 Å². The van der Waals surface area contributed by atoms with Gasteiger partial charge in [-0.3, -0.25) is 9.69 Å². The van der Waals surface area contributed by atoms with Crippen molar-refractivity contribution in [2.75, 3.05) is 25.5 Å². The molecule has 1 fully saturated rings. The number of rotatable bonds is 6. The largest absolute Gasteiger partial charge is 0.341 e. The van der Waals surface area contributed by atoms with Gasteiger partial charge in [0.05, 0.1) is 0 Å². The number of amides is 1. The lowest BCUT2D eigenvalue weighted by atomic mass is 9.96. The van der Waals surface area contributed by atoms with Gasteiger partial charge in [-0.2, -0.15) is 0 Å². The Bertz CT molecular complexity index is 463. The predicted octanol–water partition coefficient (Wildman–Crippen LogP) is 3.37. The summed E-state index contributed by atoms with van der Waals surface area (Å²) in [5.74, 6) is 0.725. The second-order valence-corrected chi connectivity index (χ2v) is 6.76. The van der Waals surface area contributed by atoms with Crippen molar-refractivity contribution in [3.05, 3.63) is 35.9 Å². The molecule has 1 heterocycles. The summed E-state index contributed by atoms with van der Waals surface area (Å²) in [5.41, 5.74) is 1.35. The smallest absolute Gasteiger partial charge is 0.237 e. The zero-order valence-corrected chi connectivity index (χ0v) is 14.4. The molecular weight excluding hydrogens is 296 g/mol. The number of hydrogen-bond donors (Lipinski definition) is 0. The van der Waals surface area contributed by atoms with E-state index >= 15 is 0 Å². The number of benzene rings is 1. The Balaban J connectivity index is 1.94. The molecular formula is C18H27ClN2O. The average Bonchev–Trinajstić information content (AvgIpc) is 2.54. The van der Waals surface area contributed by atoms with Crippen molar-refractivity contribution in [3.8, 4) is 0 Å². The van der Waals surface area contributed by atoms with Crippen molar-refractivity contribution in [1.82, 2.24) is 9.80 Å². The Hall–Kier alpha value is -1.06. The first-order valence-electron chi connectivity index (χ1n) is 8.22. The Morgan fingerprint density at radius 1 is 1.36 bits per heavy atom. The molecule has 4 heteroatoms. The van der Waals surface area contributed by atoms with Crippen molar-refractivity contribution in [2.24, 2.45) is 5.92 Å². The predicted molar refractivity (Wildman–Crippen MR) is 92.0 cm³/mol. The fourth-order valence-corrected chi connectivity index (χ4v) is 3.30. The number of piperidine rings is 1. The van der Waals surface area contributed by atoms with Gasteiger partial charge < -0.3 is 4.90 Å². The minimum atomic E-state index is 0.0746. The molecule has 0 saturated carbocycles. The van der Waals surface area contributed by atoms with E-state index in [4.69, 9.17) is 11.6 Å². The van der Waals surface area contributed by atoms with Gasteiger partial charge in [0.2, 0.25) is 5.91 Å². The number of alkyl halides is 1. The minimum absolute atomic E-state index is 0.0746. The molecule has 0 bridgehead atoms. The molecule has 1 aliphatic rings. The van der Waals surface area contributed by atoms with Crippen molar-refractivity contribution in [2.45, 2.75) is 39.3 Å². The maximum absolute atomic E-state index is 11.8. The number of likely N-dealkylation sites (tertiary alicyclic amines) is 1. The van der Waals surface area contributed by atoms with E-state index in [0.29, 0.717) is 12.0 Å². The molecule has 0 aliphatic carbocycles. The topological polar surface area (TPSA) is 23.6 Å². The molecule has 0 radical (unpaired) electrons. The molecule has 1 unspecified atom stereocenters. The normalized spacial score (nSPS) is 19.0. The van der Waals surface area contributed by atoms with Crippen LogP contribution in [-0.2, 0) is 11.3 Å². The fraction of sp³-hybridized carbons (Fsp3) is 0.611. The zero-order valence-electron chi connectivity index (χ0n) is 13.7. The van der Waals surface area contributed by atoms with Crippen LogP contribution < -0.4 is 0 Å². The maximum atomic E-state index is 11.8. The summed E-state index contributed by atoms with van der Waals surface area (Å²) in [5, 5.41) is 0. The first-order valence-corrected chi connectivity index (χ1v) is 8.75. The van der Waals surface area contributed by atoms with Crippen LogP contribution >= 0.6 is 11.6 Å². The minimum Gasteiger partial charge on any atom is -0.341 e. The van der Waals surface area contributed by atoms with Crippen LogP contribution in [0.4, 0.5) is 0 Å². The van der Waals surface area contributed by atoms with Crippen LogP contribution in [-0.4, -0.2) is 47.3 Å². The molecule has 2 rings (SSSR count). The second-order valence-electron chi connectivity index (χ2n) is 6.49. The highest BCUT2D eigenvalue weighted by atomic mass is 35.5. The number of nitrogens with zero attached hydrogens (tertiary/aromatic N) is 2. The van der Waals surface area contributed by atoms with Gasteiger partial charge >= 0.3 is 0 Å². The van der Waals surface area contributed by atoms with E-state index in [1.54, 1.807) is 0 Å². The highest BCUT2D eigenvalue weighted by molar-refractivity contribution is 6.27. The summed E-state index contributed by atoms with van der Waals surface area (Å²) < 4.78 is 0. The molecule has 0 aromatic heterocycles. The van der Waals surface area contributed by atoms with Crippen LogP contribution in [0.2, 0.25) is 0 Å². The number of carbonyl (C=O) groups is 1. The van der Waals surface area contributed by atoms with Crippen molar-refractivity contribution >= 4 is 17.5 Å². The Kier molecular flexibility index (Phi) is 6.71.